The van der Waals surface area contributed by atoms with Crippen LogP contribution in [-0.4, -0.2) is 35.3 Å². The Morgan fingerprint density at radius 1 is 1.38 bits per heavy atom. The third kappa shape index (κ3) is 3.57. The zero-order chi connectivity index (χ0) is 11.8. The van der Waals surface area contributed by atoms with E-state index in [0.29, 0.717) is 6.54 Å². The van der Waals surface area contributed by atoms with Gasteiger partial charge in [-0.1, -0.05) is 12.1 Å². The van der Waals surface area contributed by atoms with Crippen LogP contribution in [0.4, 0.5) is 0 Å². The van der Waals surface area contributed by atoms with Gasteiger partial charge in [0, 0.05) is 26.7 Å². The second kappa shape index (κ2) is 7.35. The highest BCUT2D eigenvalue weighted by Gasteiger charge is 2.09. The molecular weight excluding hydrogens is 204 g/mol. The fourth-order valence-electron chi connectivity index (χ4n) is 1.77. The van der Waals surface area contributed by atoms with Crippen molar-refractivity contribution in [3.05, 3.63) is 11.4 Å². The van der Waals surface area contributed by atoms with Gasteiger partial charge in [0.15, 0.2) is 0 Å². The van der Waals surface area contributed by atoms with Crippen molar-refractivity contribution >= 4 is 0 Å². The van der Waals surface area contributed by atoms with E-state index >= 15 is 0 Å². The second-order valence-electron chi connectivity index (χ2n) is 3.80. The molecule has 0 bridgehead atoms. The molecule has 16 heavy (non-hydrogen) atoms. The molecule has 0 fully saturated rings. The lowest BCUT2D eigenvalue weighted by Crippen LogP contribution is -2.08. The van der Waals surface area contributed by atoms with Gasteiger partial charge in [0.25, 0.3) is 0 Å². The van der Waals surface area contributed by atoms with Gasteiger partial charge >= 0.3 is 0 Å². The lowest BCUT2D eigenvalue weighted by molar-refractivity contribution is 0.190. The zero-order valence-corrected chi connectivity index (χ0v) is 10.3. The molecule has 0 unspecified atom stereocenters. The SMILES string of the molecule is CCc1c(CCN)nnn1CCCCOC. The van der Waals surface area contributed by atoms with Gasteiger partial charge < -0.3 is 10.5 Å². The van der Waals surface area contributed by atoms with Crippen molar-refractivity contribution in [3.63, 3.8) is 0 Å². The van der Waals surface area contributed by atoms with E-state index in [0.717, 1.165) is 44.5 Å². The summed E-state index contributed by atoms with van der Waals surface area (Å²) in [5, 5.41) is 8.35. The first kappa shape index (κ1) is 13.1. The van der Waals surface area contributed by atoms with Crippen LogP contribution >= 0.6 is 0 Å². The Morgan fingerprint density at radius 3 is 2.81 bits per heavy atom. The molecule has 0 saturated heterocycles. The summed E-state index contributed by atoms with van der Waals surface area (Å²) in [4.78, 5) is 0. The van der Waals surface area contributed by atoms with Crippen LogP contribution in [0.1, 0.15) is 31.2 Å². The number of nitrogens with zero attached hydrogens (tertiary/aromatic N) is 3. The van der Waals surface area contributed by atoms with Gasteiger partial charge in [-0.05, 0) is 25.8 Å². The van der Waals surface area contributed by atoms with Gasteiger partial charge in [0.05, 0.1) is 11.4 Å². The molecule has 1 aromatic rings. The van der Waals surface area contributed by atoms with E-state index in [4.69, 9.17) is 10.5 Å². The molecule has 0 saturated carbocycles. The Morgan fingerprint density at radius 2 is 2.19 bits per heavy atom. The summed E-state index contributed by atoms with van der Waals surface area (Å²) < 4.78 is 7.02. The van der Waals surface area contributed by atoms with Crippen molar-refractivity contribution in [1.82, 2.24) is 15.0 Å². The van der Waals surface area contributed by atoms with Crippen LogP contribution in [0.2, 0.25) is 0 Å². The molecule has 5 nitrogen and oxygen atoms in total. The number of rotatable bonds is 8. The van der Waals surface area contributed by atoms with E-state index in [1.54, 1.807) is 7.11 Å². The molecule has 2 N–H and O–H groups in total. The minimum Gasteiger partial charge on any atom is -0.385 e. The maximum Gasteiger partial charge on any atom is 0.0871 e. The molecule has 0 aliphatic heterocycles. The van der Waals surface area contributed by atoms with Gasteiger partial charge in [0.1, 0.15) is 0 Å². The first-order chi connectivity index (χ1) is 7.83. The fourth-order valence-corrected chi connectivity index (χ4v) is 1.77. The number of hydrogen-bond donors (Lipinski definition) is 1. The average Bonchev–Trinajstić information content (AvgIpc) is 2.67. The van der Waals surface area contributed by atoms with E-state index in [2.05, 4.69) is 17.2 Å². The maximum absolute atomic E-state index is 5.54. The summed E-state index contributed by atoms with van der Waals surface area (Å²) in [5.41, 5.74) is 7.82. The Bertz CT molecular complexity index is 298. The van der Waals surface area contributed by atoms with Crippen LogP contribution in [0.3, 0.4) is 0 Å². The zero-order valence-electron chi connectivity index (χ0n) is 10.3. The molecule has 1 aromatic heterocycles. The number of methoxy groups -OCH3 is 1. The average molecular weight is 226 g/mol. The summed E-state index contributed by atoms with van der Waals surface area (Å²) in [6.45, 7) is 4.50. The quantitative estimate of drug-likeness (QED) is 0.665. The molecule has 0 radical (unpaired) electrons. The molecule has 5 heteroatoms. The number of unbranched alkanes of at least 4 members (excludes halogenated alkanes) is 1. The third-order valence-electron chi connectivity index (χ3n) is 2.60. The monoisotopic (exact) mass is 226 g/mol. The van der Waals surface area contributed by atoms with Gasteiger partial charge in [-0.2, -0.15) is 0 Å². The largest absolute Gasteiger partial charge is 0.385 e. The summed E-state index contributed by atoms with van der Waals surface area (Å²) in [7, 11) is 1.73. The number of aryl methyl sites for hydroxylation is 1. The predicted molar refractivity (Wildman–Crippen MR) is 63.3 cm³/mol. The second-order valence-corrected chi connectivity index (χ2v) is 3.80. The Hall–Kier alpha value is -0.940. The molecule has 0 aromatic carbocycles. The molecule has 92 valence electrons. The lowest BCUT2D eigenvalue weighted by Gasteiger charge is -2.05. The van der Waals surface area contributed by atoms with Crippen LogP contribution in [-0.2, 0) is 24.1 Å². The molecule has 1 rings (SSSR count). The lowest BCUT2D eigenvalue weighted by atomic mass is 10.2. The number of nitrogens with two attached hydrogens (primary N) is 1. The fraction of sp³-hybridized carbons (Fsp3) is 0.818. The minimum absolute atomic E-state index is 0.634. The van der Waals surface area contributed by atoms with E-state index in [1.807, 2.05) is 4.68 Å². The minimum atomic E-state index is 0.634. The van der Waals surface area contributed by atoms with E-state index < -0.39 is 0 Å². The summed E-state index contributed by atoms with van der Waals surface area (Å²) in [6, 6.07) is 0. The van der Waals surface area contributed by atoms with Gasteiger partial charge in [0.2, 0.25) is 0 Å². The highest BCUT2D eigenvalue weighted by atomic mass is 16.5. The molecule has 0 spiro atoms. The highest BCUT2D eigenvalue weighted by Crippen LogP contribution is 2.08. The van der Waals surface area contributed by atoms with Crippen LogP contribution in [0.25, 0.3) is 0 Å². The topological polar surface area (TPSA) is 66.0 Å². The molecule has 0 aliphatic carbocycles. The van der Waals surface area contributed by atoms with E-state index in [1.165, 1.54) is 5.69 Å². The maximum atomic E-state index is 5.54. The highest BCUT2D eigenvalue weighted by molar-refractivity contribution is 5.10. The van der Waals surface area contributed by atoms with Gasteiger partial charge in [-0.15, -0.1) is 5.10 Å². The van der Waals surface area contributed by atoms with Crippen molar-refractivity contribution in [1.29, 1.82) is 0 Å². The summed E-state index contributed by atoms with van der Waals surface area (Å²) in [6.07, 6.45) is 3.92. The van der Waals surface area contributed by atoms with Crippen molar-refractivity contribution in [2.24, 2.45) is 5.73 Å². The van der Waals surface area contributed by atoms with Gasteiger partial charge in [-0.3, -0.25) is 0 Å². The smallest absolute Gasteiger partial charge is 0.0871 e. The summed E-state index contributed by atoms with van der Waals surface area (Å²) in [5.74, 6) is 0. The van der Waals surface area contributed by atoms with Crippen LogP contribution in [0.15, 0.2) is 0 Å². The number of hydrogen-bond acceptors (Lipinski definition) is 4. The molecular formula is C11H22N4O. The Balaban J connectivity index is 2.51. The van der Waals surface area contributed by atoms with Crippen molar-refractivity contribution in [2.45, 2.75) is 39.2 Å². The molecule has 0 amide bonds. The molecule has 0 aliphatic rings. The predicted octanol–water partition coefficient (Wildman–Crippen LogP) is 0.768. The van der Waals surface area contributed by atoms with E-state index in [-0.39, 0.29) is 0 Å². The molecule has 0 atom stereocenters. The number of ether oxygens (including phenoxy) is 1. The van der Waals surface area contributed by atoms with Gasteiger partial charge in [-0.25, -0.2) is 4.68 Å². The third-order valence-corrected chi connectivity index (χ3v) is 2.60. The Kier molecular flexibility index (Phi) is 6.03. The number of aromatic nitrogens is 3. The normalized spacial score (nSPS) is 10.9. The van der Waals surface area contributed by atoms with Crippen molar-refractivity contribution in [3.8, 4) is 0 Å². The van der Waals surface area contributed by atoms with Crippen LogP contribution in [0.5, 0.6) is 0 Å². The summed E-state index contributed by atoms with van der Waals surface area (Å²) >= 11 is 0. The van der Waals surface area contributed by atoms with E-state index in [9.17, 15) is 0 Å². The van der Waals surface area contributed by atoms with Crippen LogP contribution < -0.4 is 5.73 Å². The molecule has 1 heterocycles. The standard InChI is InChI=1S/C11H22N4O/c1-3-11-10(6-7-12)13-14-15(11)8-4-5-9-16-2/h3-9,12H2,1-2H3. The first-order valence-electron chi connectivity index (χ1n) is 5.93. The van der Waals surface area contributed by atoms with Crippen LogP contribution in [0, 0.1) is 0 Å². The Labute approximate surface area is 97.0 Å². The van der Waals surface area contributed by atoms with Crippen molar-refractivity contribution < 1.29 is 4.74 Å². The first-order valence-corrected chi connectivity index (χ1v) is 5.93. The van der Waals surface area contributed by atoms with Crippen molar-refractivity contribution in [2.75, 3.05) is 20.3 Å².